The second kappa shape index (κ2) is 13.9. The highest BCUT2D eigenvalue weighted by molar-refractivity contribution is 5.94. The number of rotatable bonds is 10. The maximum absolute atomic E-state index is 13.3. The number of amides is 3. The fourth-order valence-electron chi connectivity index (χ4n) is 5.77. The van der Waals surface area contributed by atoms with Gasteiger partial charge in [0, 0.05) is 44.7 Å². The Labute approximate surface area is 250 Å². The highest BCUT2D eigenvalue weighted by Crippen LogP contribution is 2.35. The molecule has 0 unspecified atom stereocenters. The molecular weight excluding hydrogens is 522 g/mol. The van der Waals surface area contributed by atoms with Crippen LogP contribution in [-0.2, 0) is 24.4 Å². The van der Waals surface area contributed by atoms with E-state index in [2.05, 4.69) is 70.1 Å². The van der Waals surface area contributed by atoms with Crippen LogP contribution in [0.15, 0.2) is 66.7 Å². The molecule has 2 aliphatic rings. The predicted molar refractivity (Wildman–Crippen MR) is 171 cm³/mol. The second-order valence-corrected chi connectivity index (χ2v) is 12.1. The van der Waals surface area contributed by atoms with Gasteiger partial charge in [0.15, 0.2) is 0 Å². The Bertz CT molecular complexity index is 1380. The summed E-state index contributed by atoms with van der Waals surface area (Å²) in [7, 11) is 0. The Hall–Kier alpha value is -3.84. The first-order valence-electron chi connectivity index (χ1n) is 15.5. The molecule has 4 N–H and O–H groups in total. The maximum atomic E-state index is 13.3. The molecule has 0 aromatic heterocycles. The van der Waals surface area contributed by atoms with Gasteiger partial charge in [0.2, 0.25) is 5.91 Å². The Morgan fingerprint density at radius 3 is 2.17 bits per heavy atom. The van der Waals surface area contributed by atoms with Gasteiger partial charge in [0.05, 0.1) is 11.4 Å². The molecule has 0 atom stereocenters. The first-order valence-corrected chi connectivity index (χ1v) is 15.5. The minimum atomic E-state index is -0.195. The third-order valence-corrected chi connectivity index (χ3v) is 8.08. The zero-order valence-electron chi connectivity index (χ0n) is 25.1. The number of urea groups is 1. The fraction of sp³-hybridized carbons (Fsp3) is 0.429. The zero-order valence-corrected chi connectivity index (χ0v) is 25.1. The number of nitrogens with one attached hydrogen (secondary N) is 2. The molecule has 1 aliphatic heterocycles. The number of nitrogens with zero attached hydrogens (tertiary/aromatic N) is 2. The highest BCUT2D eigenvalue weighted by atomic mass is 16.2. The lowest BCUT2D eigenvalue weighted by molar-refractivity contribution is -0.133. The molecule has 0 radical (unpaired) electrons. The summed E-state index contributed by atoms with van der Waals surface area (Å²) in [4.78, 5) is 30.5. The fourth-order valence-corrected chi connectivity index (χ4v) is 5.77. The SMILES string of the molecule is CC(C)NC(=O)Nc1cc(-c2cccc(CN(Cc3cccc(CN)c3)C(=O)C3CC3)c2)ccc1N1CCCCCC1. The third kappa shape index (κ3) is 7.91. The number of carbonyl (C=O) groups is 2. The normalized spacial score (nSPS) is 15.3. The molecule has 3 amide bonds. The van der Waals surface area contributed by atoms with Crippen LogP contribution < -0.4 is 21.3 Å². The van der Waals surface area contributed by atoms with Crippen LogP contribution in [-0.4, -0.2) is 36.0 Å². The van der Waals surface area contributed by atoms with E-state index in [9.17, 15) is 9.59 Å². The summed E-state index contributed by atoms with van der Waals surface area (Å²) in [5.41, 5.74) is 13.1. The van der Waals surface area contributed by atoms with Gasteiger partial charge in [-0.25, -0.2) is 4.79 Å². The van der Waals surface area contributed by atoms with Crippen LogP contribution in [0, 0.1) is 5.92 Å². The Balaban J connectivity index is 1.40. The van der Waals surface area contributed by atoms with Gasteiger partial charge in [0.25, 0.3) is 0 Å². The van der Waals surface area contributed by atoms with Crippen molar-refractivity contribution < 1.29 is 9.59 Å². The number of carbonyl (C=O) groups excluding carboxylic acids is 2. The number of benzene rings is 3. The average molecular weight is 568 g/mol. The van der Waals surface area contributed by atoms with Crippen molar-refractivity contribution in [3.8, 4) is 11.1 Å². The molecule has 1 heterocycles. The monoisotopic (exact) mass is 567 g/mol. The highest BCUT2D eigenvalue weighted by Gasteiger charge is 2.33. The van der Waals surface area contributed by atoms with Crippen molar-refractivity contribution in [2.75, 3.05) is 23.3 Å². The van der Waals surface area contributed by atoms with E-state index in [0.29, 0.717) is 19.6 Å². The van der Waals surface area contributed by atoms with Gasteiger partial charge in [-0.3, -0.25) is 4.79 Å². The summed E-state index contributed by atoms with van der Waals surface area (Å²) in [5.74, 6) is 0.367. The summed E-state index contributed by atoms with van der Waals surface area (Å²) >= 11 is 0. The zero-order chi connectivity index (χ0) is 29.5. The third-order valence-electron chi connectivity index (χ3n) is 8.08. The van der Waals surface area contributed by atoms with E-state index >= 15 is 0 Å². The molecule has 2 fully saturated rings. The van der Waals surface area contributed by atoms with Crippen LogP contribution >= 0.6 is 0 Å². The molecule has 1 saturated carbocycles. The molecule has 1 saturated heterocycles. The first kappa shape index (κ1) is 29.6. The molecule has 1 aliphatic carbocycles. The minimum absolute atomic E-state index is 0.0468. The van der Waals surface area contributed by atoms with E-state index in [1.54, 1.807) is 0 Å². The Kier molecular flexibility index (Phi) is 9.80. The quantitative estimate of drug-likeness (QED) is 0.255. The van der Waals surface area contributed by atoms with Gasteiger partial charge >= 0.3 is 6.03 Å². The van der Waals surface area contributed by atoms with E-state index < -0.39 is 0 Å². The standard InChI is InChI=1S/C35H45N5O2/c1-25(2)37-35(42)38-32-21-31(15-16-33(32)39-17-5-3-4-6-18-39)30-12-8-11-28(20-30)24-40(34(41)29-13-14-29)23-27-10-7-9-26(19-27)22-36/h7-12,15-16,19-21,25,29H,3-6,13-14,17-18,22-24,36H2,1-2H3,(H2,37,38,42). The van der Waals surface area contributed by atoms with Gasteiger partial charge in [-0.2, -0.15) is 0 Å². The molecule has 222 valence electrons. The molecule has 3 aromatic rings. The molecule has 0 bridgehead atoms. The predicted octanol–water partition coefficient (Wildman–Crippen LogP) is 6.66. The van der Waals surface area contributed by atoms with E-state index in [1.807, 2.05) is 30.9 Å². The Morgan fingerprint density at radius 2 is 1.50 bits per heavy atom. The van der Waals surface area contributed by atoms with Crippen LogP contribution in [0.2, 0.25) is 0 Å². The lowest BCUT2D eigenvalue weighted by Gasteiger charge is -2.26. The molecule has 3 aromatic carbocycles. The summed E-state index contributed by atoms with van der Waals surface area (Å²) in [6, 6.07) is 22.8. The van der Waals surface area contributed by atoms with Crippen molar-refractivity contribution in [2.24, 2.45) is 11.7 Å². The van der Waals surface area contributed by atoms with Gasteiger partial charge < -0.3 is 26.2 Å². The van der Waals surface area contributed by atoms with Crippen molar-refractivity contribution >= 4 is 23.3 Å². The van der Waals surface area contributed by atoms with Crippen LogP contribution in [0.5, 0.6) is 0 Å². The average Bonchev–Trinajstić information content (AvgIpc) is 3.84. The van der Waals surface area contributed by atoms with Gasteiger partial charge in [0.1, 0.15) is 0 Å². The van der Waals surface area contributed by atoms with Gasteiger partial charge in [-0.15, -0.1) is 0 Å². The van der Waals surface area contributed by atoms with Crippen molar-refractivity contribution in [3.63, 3.8) is 0 Å². The molecule has 5 rings (SSSR count). The summed E-state index contributed by atoms with van der Waals surface area (Å²) in [5, 5.41) is 6.10. The van der Waals surface area contributed by atoms with Gasteiger partial charge in [-0.05, 0) is 85.5 Å². The van der Waals surface area contributed by atoms with E-state index in [0.717, 1.165) is 78.0 Å². The van der Waals surface area contributed by atoms with Crippen molar-refractivity contribution in [1.82, 2.24) is 10.2 Å². The molecule has 0 spiro atoms. The summed E-state index contributed by atoms with van der Waals surface area (Å²) < 4.78 is 0. The Morgan fingerprint density at radius 1 is 0.857 bits per heavy atom. The van der Waals surface area contributed by atoms with Crippen molar-refractivity contribution in [3.05, 3.63) is 83.4 Å². The molecule has 7 nitrogen and oxygen atoms in total. The number of hydrogen-bond acceptors (Lipinski definition) is 4. The largest absolute Gasteiger partial charge is 0.370 e. The van der Waals surface area contributed by atoms with Crippen LogP contribution in [0.3, 0.4) is 0 Å². The van der Waals surface area contributed by atoms with Crippen LogP contribution in [0.1, 0.15) is 69.1 Å². The van der Waals surface area contributed by atoms with Crippen LogP contribution in [0.25, 0.3) is 11.1 Å². The van der Waals surface area contributed by atoms with E-state index in [1.165, 1.54) is 12.8 Å². The molecular formula is C35H45N5O2. The lowest BCUT2D eigenvalue weighted by atomic mass is 10.0. The van der Waals surface area contributed by atoms with E-state index in [-0.39, 0.29) is 23.9 Å². The number of hydrogen-bond donors (Lipinski definition) is 3. The second-order valence-electron chi connectivity index (χ2n) is 12.1. The summed E-state index contributed by atoms with van der Waals surface area (Å²) in [6.45, 7) is 7.51. The number of anilines is 2. The molecule has 7 heteroatoms. The van der Waals surface area contributed by atoms with Crippen LogP contribution in [0.4, 0.5) is 16.2 Å². The number of nitrogens with two attached hydrogens (primary N) is 1. The minimum Gasteiger partial charge on any atom is -0.370 e. The van der Waals surface area contributed by atoms with Gasteiger partial charge in [-0.1, -0.05) is 61.4 Å². The van der Waals surface area contributed by atoms with Crippen molar-refractivity contribution in [1.29, 1.82) is 0 Å². The lowest BCUT2D eigenvalue weighted by Crippen LogP contribution is -2.35. The van der Waals surface area contributed by atoms with Crippen molar-refractivity contribution in [2.45, 2.75) is 78.0 Å². The molecule has 42 heavy (non-hydrogen) atoms. The summed E-state index contributed by atoms with van der Waals surface area (Å²) in [6.07, 6.45) is 6.76. The first-order chi connectivity index (χ1) is 20.4. The topological polar surface area (TPSA) is 90.7 Å². The van der Waals surface area contributed by atoms with E-state index in [4.69, 9.17) is 5.73 Å². The maximum Gasteiger partial charge on any atom is 0.319 e. The smallest absolute Gasteiger partial charge is 0.319 e.